The lowest BCUT2D eigenvalue weighted by Crippen LogP contribution is -2.29. The Balaban J connectivity index is 1.52. The molecule has 0 bridgehead atoms. The van der Waals surface area contributed by atoms with E-state index in [9.17, 15) is 41.0 Å². The lowest BCUT2D eigenvalue weighted by molar-refractivity contribution is -0.143. The minimum absolute atomic E-state index is 0.00378. The topological polar surface area (TPSA) is 66.8 Å². The SMILES string of the molecule is C=C1C(c2cc(C(F)(F)F)cc(C(F)(F)F)c2)OC(=O)N1CC1=C(c2ccc(CC)c(-c3ccc(C(=O)O)cc3)c2)CCC(C)(C)C1. The molecule has 1 aliphatic heterocycles. The third-order valence-corrected chi connectivity index (χ3v) is 8.80. The second-order valence-corrected chi connectivity index (χ2v) is 12.7. The van der Waals surface area contributed by atoms with Crippen molar-refractivity contribution in [2.75, 3.05) is 6.54 Å². The number of hydrogen-bond acceptors (Lipinski definition) is 3. The number of allylic oxidation sites excluding steroid dienone is 1. The molecule has 5 nitrogen and oxygen atoms in total. The van der Waals surface area contributed by atoms with Gasteiger partial charge in [0.25, 0.3) is 0 Å². The number of cyclic esters (lactones) is 1. The van der Waals surface area contributed by atoms with Gasteiger partial charge >= 0.3 is 24.4 Å². The molecule has 0 saturated carbocycles. The highest BCUT2D eigenvalue weighted by atomic mass is 19.4. The summed E-state index contributed by atoms with van der Waals surface area (Å²) in [6.07, 6.45) is -9.77. The van der Waals surface area contributed by atoms with E-state index in [1.165, 1.54) is 4.90 Å². The quantitative estimate of drug-likeness (QED) is 0.257. The van der Waals surface area contributed by atoms with Crippen LogP contribution in [0.15, 0.2) is 78.5 Å². The first-order valence-electron chi connectivity index (χ1n) is 15.0. The Kier molecular flexibility index (Phi) is 8.81. The first kappa shape index (κ1) is 33.8. The van der Waals surface area contributed by atoms with Crippen molar-refractivity contribution >= 4 is 17.6 Å². The van der Waals surface area contributed by atoms with Gasteiger partial charge in [-0.2, -0.15) is 26.3 Å². The zero-order chi connectivity index (χ0) is 34.5. The van der Waals surface area contributed by atoms with E-state index in [0.717, 1.165) is 46.2 Å². The van der Waals surface area contributed by atoms with E-state index in [2.05, 4.69) is 20.4 Å². The lowest BCUT2D eigenvalue weighted by Gasteiger charge is -2.35. The fraction of sp³-hybridized carbons (Fsp3) is 0.333. The van der Waals surface area contributed by atoms with Gasteiger partial charge in [-0.05, 0) is 106 Å². The number of nitrogens with zero attached hydrogens (tertiary/aromatic N) is 1. The maximum Gasteiger partial charge on any atom is 0.416 e. The molecule has 0 spiro atoms. The number of carboxylic acids is 1. The number of carbonyl (C=O) groups excluding carboxylic acids is 1. The van der Waals surface area contributed by atoms with Gasteiger partial charge in [-0.1, -0.05) is 51.6 Å². The number of ether oxygens (including phenoxy) is 1. The predicted molar refractivity (Wildman–Crippen MR) is 164 cm³/mol. The third kappa shape index (κ3) is 7.08. The molecule has 248 valence electrons. The van der Waals surface area contributed by atoms with Crippen LogP contribution >= 0.6 is 0 Å². The van der Waals surface area contributed by atoms with Crippen molar-refractivity contribution in [2.24, 2.45) is 5.41 Å². The Labute approximate surface area is 268 Å². The summed E-state index contributed by atoms with van der Waals surface area (Å²) in [5.74, 6) is -1.03. The molecule has 1 aliphatic carbocycles. The molecule has 3 aromatic rings. The molecule has 1 saturated heterocycles. The average Bonchev–Trinajstić information content (AvgIpc) is 3.28. The molecule has 0 radical (unpaired) electrons. The Morgan fingerprint density at radius 3 is 2.11 bits per heavy atom. The summed E-state index contributed by atoms with van der Waals surface area (Å²) in [6, 6.07) is 13.7. The molecule has 3 aromatic carbocycles. The zero-order valence-corrected chi connectivity index (χ0v) is 26.0. The van der Waals surface area contributed by atoms with E-state index >= 15 is 0 Å². The molecule has 47 heavy (non-hydrogen) atoms. The van der Waals surface area contributed by atoms with Gasteiger partial charge in [0.05, 0.1) is 28.9 Å². The maximum atomic E-state index is 13.6. The Morgan fingerprint density at radius 2 is 1.55 bits per heavy atom. The van der Waals surface area contributed by atoms with E-state index in [1.54, 1.807) is 24.3 Å². The third-order valence-electron chi connectivity index (χ3n) is 8.80. The summed E-state index contributed by atoms with van der Waals surface area (Å²) in [5.41, 5.74) is 2.02. The summed E-state index contributed by atoms with van der Waals surface area (Å²) in [4.78, 5) is 25.7. The van der Waals surface area contributed by atoms with E-state index < -0.39 is 47.2 Å². The van der Waals surface area contributed by atoms with Crippen LogP contribution in [0.1, 0.15) is 84.3 Å². The van der Waals surface area contributed by atoms with Crippen LogP contribution < -0.4 is 0 Å². The number of hydrogen-bond donors (Lipinski definition) is 1. The molecule has 2 aliphatic rings. The molecular formula is C36H33F6NO4. The number of benzene rings is 3. The van der Waals surface area contributed by atoms with Gasteiger partial charge in [0.1, 0.15) is 0 Å². The highest BCUT2D eigenvalue weighted by molar-refractivity contribution is 5.88. The Morgan fingerprint density at radius 1 is 0.957 bits per heavy atom. The van der Waals surface area contributed by atoms with Crippen LogP contribution in [0.5, 0.6) is 0 Å². The summed E-state index contributed by atoms with van der Waals surface area (Å²) in [7, 11) is 0. The fourth-order valence-corrected chi connectivity index (χ4v) is 6.29. The monoisotopic (exact) mass is 657 g/mol. The smallest absolute Gasteiger partial charge is 0.416 e. The van der Waals surface area contributed by atoms with E-state index in [-0.39, 0.29) is 29.3 Å². The molecule has 1 N–H and O–H groups in total. The van der Waals surface area contributed by atoms with Gasteiger partial charge in [0, 0.05) is 0 Å². The summed E-state index contributed by atoms with van der Waals surface area (Å²) >= 11 is 0. The number of rotatable bonds is 7. The largest absolute Gasteiger partial charge is 0.478 e. The van der Waals surface area contributed by atoms with Crippen molar-refractivity contribution in [2.45, 2.75) is 64.9 Å². The normalized spacial score (nSPS) is 18.5. The van der Waals surface area contributed by atoms with Gasteiger partial charge in [0.15, 0.2) is 6.10 Å². The number of aryl methyl sites for hydroxylation is 1. The molecule has 0 aromatic heterocycles. The number of carbonyl (C=O) groups is 2. The van der Waals surface area contributed by atoms with E-state index in [4.69, 9.17) is 4.74 Å². The minimum Gasteiger partial charge on any atom is -0.478 e. The number of halogens is 6. The number of carboxylic acid groups (broad SMARTS) is 1. The van der Waals surface area contributed by atoms with Crippen molar-refractivity contribution in [3.63, 3.8) is 0 Å². The van der Waals surface area contributed by atoms with Crippen molar-refractivity contribution in [3.8, 4) is 11.1 Å². The van der Waals surface area contributed by atoms with Crippen LogP contribution in [-0.2, 0) is 23.5 Å². The van der Waals surface area contributed by atoms with Crippen molar-refractivity contribution in [1.29, 1.82) is 0 Å². The molecule has 1 unspecified atom stereocenters. The Hall–Kier alpha value is -4.54. The van der Waals surface area contributed by atoms with E-state index in [0.29, 0.717) is 25.0 Å². The summed E-state index contributed by atoms with van der Waals surface area (Å²) in [5, 5.41) is 9.32. The van der Waals surface area contributed by atoms with E-state index in [1.807, 2.05) is 25.1 Å². The first-order chi connectivity index (χ1) is 21.9. The van der Waals surface area contributed by atoms with Crippen molar-refractivity contribution in [1.82, 2.24) is 4.90 Å². The van der Waals surface area contributed by atoms with Crippen LogP contribution in [0.25, 0.3) is 16.7 Å². The van der Waals surface area contributed by atoms with Crippen LogP contribution in [0, 0.1) is 5.41 Å². The molecule has 1 heterocycles. The first-order valence-corrected chi connectivity index (χ1v) is 15.0. The van der Waals surface area contributed by atoms with Crippen LogP contribution in [0.2, 0.25) is 0 Å². The maximum absolute atomic E-state index is 13.6. The van der Waals surface area contributed by atoms with Crippen LogP contribution in [0.3, 0.4) is 0 Å². The molecular weight excluding hydrogens is 624 g/mol. The summed E-state index contributed by atoms with van der Waals surface area (Å²) < 4.78 is 86.7. The number of amides is 1. The predicted octanol–water partition coefficient (Wildman–Crippen LogP) is 10.3. The highest BCUT2D eigenvalue weighted by Gasteiger charge is 2.42. The molecule has 1 amide bonds. The molecule has 1 atom stereocenters. The van der Waals surface area contributed by atoms with Crippen molar-refractivity contribution < 1.29 is 45.8 Å². The summed E-state index contributed by atoms with van der Waals surface area (Å²) in [6.45, 7) is 10.1. The fourth-order valence-electron chi connectivity index (χ4n) is 6.29. The van der Waals surface area contributed by atoms with Gasteiger partial charge < -0.3 is 9.84 Å². The zero-order valence-electron chi connectivity index (χ0n) is 26.0. The molecule has 5 rings (SSSR count). The standard InChI is InChI=1S/C36H33F6NO4/c1-5-21-6-11-24(16-30(21)22-7-9-23(10-8-22)32(44)45)29-12-13-34(3,4)18-26(29)19-43-20(2)31(47-33(43)46)25-14-27(35(37,38)39)17-28(15-25)36(40,41)42/h6-11,14-17,31H,2,5,12-13,18-19H2,1,3-4H3,(H,44,45). The van der Waals surface area contributed by atoms with Gasteiger partial charge in [-0.25, -0.2) is 9.59 Å². The second kappa shape index (κ2) is 12.2. The van der Waals surface area contributed by atoms with Gasteiger partial charge in [-0.15, -0.1) is 0 Å². The Bertz CT molecular complexity index is 1740. The van der Waals surface area contributed by atoms with Gasteiger partial charge in [-0.3, -0.25) is 4.90 Å². The lowest BCUT2D eigenvalue weighted by atomic mass is 9.72. The number of alkyl halides is 6. The number of aromatic carboxylic acids is 1. The van der Waals surface area contributed by atoms with Crippen LogP contribution in [-0.4, -0.2) is 28.6 Å². The van der Waals surface area contributed by atoms with Crippen molar-refractivity contribution in [3.05, 3.63) is 112 Å². The van der Waals surface area contributed by atoms with Crippen LogP contribution in [0.4, 0.5) is 31.1 Å². The minimum atomic E-state index is -5.06. The molecule has 11 heteroatoms. The second-order valence-electron chi connectivity index (χ2n) is 12.7. The average molecular weight is 658 g/mol. The molecule has 1 fully saturated rings. The van der Waals surface area contributed by atoms with Gasteiger partial charge in [0.2, 0.25) is 0 Å². The highest BCUT2D eigenvalue weighted by Crippen LogP contribution is 2.46.